The van der Waals surface area contributed by atoms with E-state index in [1.165, 1.54) is 10.8 Å². The minimum Gasteiger partial charge on any atom is -0.365 e. The zero-order valence-electron chi connectivity index (χ0n) is 10.9. The molecular weight excluding hydrogens is 327 g/mol. The SMILES string of the molecule is Clc1cc(Cl)c(NCc2cccc3ccccc23)nc1Cl. The Morgan fingerprint density at radius 1 is 0.905 bits per heavy atom. The first-order valence-electron chi connectivity index (χ1n) is 6.37. The molecule has 0 saturated heterocycles. The Kier molecular flexibility index (Phi) is 4.20. The highest BCUT2D eigenvalue weighted by molar-refractivity contribution is 6.42. The molecule has 0 atom stereocenters. The van der Waals surface area contributed by atoms with Gasteiger partial charge in [0.1, 0.15) is 11.0 Å². The van der Waals surface area contributed by atoms with Crippen molar-refractivity contribution in [2.75, 3.05) is 5.32 Å². The van der Waals surface area contributed by atoms with Crippen LogP contribution in [0.5, 0.6) is 0 Å². The molecule has 21 heavy (non-hydrogen) atoms. The van der Waals surface area contributed by atoms with Gasteiger partial charge in [-0.3, -0.25) is 0 Å². The minimum absolute atomic E-state index is 0.237. The average molecular weight is 338 g/mol. The number of anilines is 1. The van der Waals surface area contributed by atoms with Gasteiger partial charge in [0.05, 0.1) is 10.0 Å². The van der Waals surface area contributed by atoms with Crippen molar-refractivity contribution in [3.63, 3.8) is 0 Å². The first-order chi connectivity index (χ1) is 10.1. The maximum Gasteiger partial charge on any atom is 0.150 e. The van der Waals surface area contributed by atoms with Crippen molar-refractivity contribution in [1.29, 1.82) is 0 Å². The van der Waals surface area contributed by atoms with Crippen LogP contribution in [-0.2, 0) is 6.54 Å². The number of fused-ring (bicyclic) bond motifs is 1. The Labute approximate surface area is 137 Å². The molecular formula is C16H11Cl3N2. The number of hydrogen-bond donors (Lipinski definition) is 1. The summed E-state index contributed by atoms with van der Waals surface area (Å²) < 4.78 is 0. The molecule has 0 aliphatic carbocycles. The van der Waals surface area contributed by atoms with Crippen LogP contribution in [0, 0.1) is 0 Å². The highest BCUT2D eigenvalue weighted by atomic mass is 35.5. The molecule has 3 aromatic rings. The molecule has 2 aromatic carbocycles. The number of rotatable bonds is 3. The van der Waals surface area contributed by atoms with Gasteiger partial charge >= 0.3 is 0 Å². The van der Waals surface area contributed by atoms with E-state index in [0.717, 1.165) is 5.56 Å². The van der Waals surface area contributed by atoms with Crippen molar-refractivity contribution in [1.82, 2.24) is 4.98 Å². The van der Waals surface area contributed by atoms with Crippen LogP contribution >= 0.6 is 34.8 Å². The van der Waals surface area contributed by atoms with Crippen molar-refractivity contribution in [3.05, 3.63) is 69.3 Å². The van der Waals surface area contributed by atoms with Crippen molar-refractivity contribution < 1.29 is 0 Å². The van der Waals surface area contributed by atoms with Crippen molar-refractivity contribution in [2.45, 2.75) is 6.54 Å². The van der Waals surface area contributed by atoms with Gasteiger partial charge in [-0.2, -0.15) is 0 Å². The maximum atomic E-state index is 6.12. The predicted molar refractivity (Wildman–Crippen MR) is 90.5 cm³/mol. The van der Waals surface area contributed by atoms with Gasteiger partial charge in [-0.1, -0.05) is 77.3 Å². The first kappa shape index (κ1) is 14.5. The number of hydrogen-bond acceptors (Lipinski definition) is 2. The van der Waals surface area contributed by atoms with Crippen LogP contribution in [0.25, 0.3) is 10.8 Å². The van der Waals surface area contributed by atoms with E-state index in [-0.39, 0.29) is 5.15 Å². The molecule has 0 aliphatic rings. The predicted octanol–water partition coefficient (Wildman–Crippen LogP) is 5.81. The van der Waals surface area contributed by atoms with Crippen LogP contribution < -0.4 is 5.32 Å². The zero-order valence-corrected chi connectivity index (χ0v) is 13.2. The summed E-state index contributed by atoms with van der Waals surface area (Å²) in [5.41, 5.74) is 1.16. The first-order valence-corrected chi connectivity index (χ1v) is 7.50. The second-order valence-electron chi connectivity index (χ2n) is 4.58. The van der Waals surface area contributed by atoms with E-state index < -0.39 is 0 Å². The summed E-state index contributed by atoms with van der Waals surface area (Å²) in [5, 5.41) is 6.63. The molecule has 1 aromatic heterocycles. The number of nitrogens with zero attached hydrogens (tertiary/aromatic N) is 1. The average Bonchev–Trinajstić information content (AvgIpc) is 2.49. The number of aromatic nitrogens is 1. The largest absolute Gasteiger partial charge is 0.365 e. The Morgan fingerprint density at radius 2 is 1.67 bits per heavy atom. The molecule has 0 saturated carbocycles. The number of benzene rings is 2. The van der Waals surface area contributed by atoms with E-state index in [2.05, 4.69) is 34.6 Å². The van der Waals surface area contributed by atoms with Gasteiger partial charge < -0.3 is 5.32 Å². The minimum atomic E-state index is 0.237. The summed E-state index contributed by atoms with van der Waals surface area (Å²) >= 11 is 17.9. The molecule has 0 unspecified atom stereocenters. The van der Waals surface area contributed by atoms with Crippen molar-refractivity contribution >= 4 is 51.4 Å². The lowest BCUT2D eigenvalue weighted by Crippen LogP contribution is -2.03. The summed E-state index contributed by atoms with van der Waals surface area (Å²) in [6.45, 7) is 0.603. The molecule has 1 N–H and O–H groups in total. The third-order valence-electron chi connectivity index (χ3n) is 3.21. The maximum absolute atomic E-state index is 6.12. The van der Waals surface area contributed by atoms with E-state index in [9.17, 15) is 0 Å². The van der Waals surface area contributed by atoms with Crippen LogP contribution in [0.4, 0.5) is 5.82 Å². The smallest absolute Gasteiger partial charge is 0.150 e. The molecule has 0 amide bonds. The monoisotopic (exact) mass is 336 g/mol. The van der Waals surface area contributed by atoms with E-state index >= 15 is 0 Å². The van der Waals surface area contributed by atoms with Gasteiger partial charge in [0.15, 0.2) is 0 Å². The lowest BCUT2D eigenvalue weighted by Gasteiger charge is -2.10. The van der Waals surface area contributed by atoms with Crippen molar-refractivity contribution in [2.24, 2.45) is 0 Å². The third kappa shape index (κ3) is 3.08. The Bertz CT molecular complexity index is 797. The third-order valence-corrected chi connectivity index (χ3v) is 4.17. The van der Waals surface area contributed by atoms with Crippen LogP contribution in [0.15, 0.2) is 48.5 Å². The van der Waals surface area contributed by atoms with E-state index in [1.54, 1.807) is 6.07 Å². The topological polar surface area (TPSA) is 24.9 Å². The lowest BCUT2D eigenvalue weighted by atomic mass is 10.0. The molecule has 0 bridgehead atoms. The molecule has 3 rings (SSSR count). The van der Waals surface area contributed by atoms with Gasteiger partial charge in [0.2, 0.25) is 0 Å². The molecule has 0 radical (unpaired) electrons. The van der Waals surface area contributed by atoms with Crippen LogP contribution in [-0.4, -0.2) is 4.98 Å². The van der Waals surface area contributed by atoms with E-state index in [4.69, 9.17) is 34.8 Å². The van der Waals surface area contributed by atoms with Gasteiger partial charge in [0.25, 0.3) is 0 Å². The lowest BCUT2D eigenvalue weighted by molar-refractivity contribution is 1.12. The number of nitrogens with one attached hydrogen (secondary N) is 1. The number of pyridine rings is 1. The fraction of sp³-hybridized carbons (Fsp3) is 0.0625. The number of halogens is 3. The van der Waals surface area contributed by atoms with Gasteiger partial charge in [-0.05, 0) is 22.4 Å². The quantitative estimate of drug-likeness (QED) is 0.610. The highest BCUT2D eigenvalue weighted by Crippen LogP contribution is 2.29. The summed E-state index contributed by atoms with van der Waals surface area (Å²) in [7, 11) is 0. The van der Waals surface area contributed by atoms with Gasteiger partial charge in [-0.15, -0.1) is 0 Å². The second kappa shape index (κ2) is 6.10. The normalized spacial score (nSPS) is 10.8. The summed E-state index contributed by atoms with van der Waals surface area (Å²) in [6.07, 6.45) is 0. The van der Waals surface area contributed by atoms with Gasteiger partial charge in [-0.25, -0.2) is 4.98 Å². The van der Waals surface area contributed by atoms with Crippen LogP contribution in [0.1, 0.15) is 5.56 Å². The Hall–Kier alpha value is -1.48. The zero-order chi connectivity index (χ0) is 14.8. The molecule has 0 spiro atoms. The van der Waals surface area contributed by atoms with Crippen LogP contribution in [0.3, 0.4) is 0 Å². The second-order valence-corrected chi connectivity index (χ2v) is 5.76. The van der Waals surface area contributed by atoms with E-state index in [0.29, 0.717) is 22.4 Å². The summed E-state index contributed by atoms with van der Waals surface area (Å²) in [6, 6.07) is 16.0. The molecule has 2 nitrogen and oxygen atoms in total. The summed E-state index contributed by atoms with van der Waals surface area (Å²) in [4.78, 5) is 4.16. The van der Waals surface area contributed by atoms with Crippen molar-refractivity contribution in [3.8, 4) is 0 Å². The van der Waals surface area contributed by atoms with E-state index in [1.807, 2.05) is 18.2 Å². The fourth-order valence-corrected chi connectivity index (χ4v) is 2.76. The summed E-state index contributed by atoms with van der Waals surface area (Å²) in [5.74, 6) is 0.527. The van der Waals surface area contributed by atoms with Gasteiger partial charge in [0, 0.05) is 6.54 Å². The van der Waals surface area contributed by atoms with Crippen LogP contribution in [0.2, 0.25) is 15.2 Å². The molecule has 0 aliphatic heterocycles. The standard InChI is InChI=1S/C16H11Cl3N2/c17-13-8-14(18)16(21-15(13)19)20-9-11-6-3-5-10-4-1-2-7-12(10)11/h1-8H,9H2,(H,20,21). The Morgan fingerprint density at radius 3 is 2.52 bits per heavy atom. The highest BCUT2D eigenvalue weighted by Gasteiger charge is 2.08. The molecule has 106 valence electrons. The molecule has 1 heterocycles. The molecule has 5 heteroatoms. The Balaban J connectivity index is 1.89. The fourth-order valence-electron chi connectivity index (χ4n) is 2.19. The molecule has 0 fully saturated rings.